The van der Waals surface area contributed by atoms with Gasteiger partial charge < -0.3 is 5.32 Å². The van der Waals surface area contributed by atoms with E-state index in [1.165, 1.54) is 6.08 Å². The fraction of sp³-hybridized carbons (Fsp3) is 0. The van der Waals surface area contributed by atoms with Crippen LogP contribution < -0.4 is 5.32 Å². The number of nitro benzene ring substituents is 1. The summed E-state index contributed by atoms with van der Waals surface area (Å²) in [4.78, 5) is 22.0. The molecule has 6 nitrogen and oxygen atoms in total. The molecule has 0 unspecified atom stereocenters. The van der Waals surface area contributed by atoms with Gasteiger partial charge in [-0.2, -0.15) is 5.26 Å². The van der Waals surface area contributed by atoms with Gasteiger partial charge in [-0.25, -0.2) is 4.39 Å². The van der Waals surface area contributed by atoms with Crippen molar-refractivity contribution < 1.29 is 14.1 Å². The van der Waals surface area contributed by atoms with Crippen molar-refractivity contribution in [2.45, 2.75) is 0 Å². The molecule has 2 rings (SSSR count). The maximum absolute atomic E-state index is 13.6. The molecular weight excluding hydrogens is 301 g/mol. The lowest BCUT2D eigenvalue weighted by Gasteiger charge is -2.05. The molecule has 7 heteroatoms. The number of non-ortho nitro benzene ring substituents is 1. The molecule has 2 aromatic carbocycles. The number of halogens is 1. The van der Waals surface area contributed by atoms with Gasteiger partial charge in [0.05, 0.1) is 10.6 Å². The van der Waals surface area contributed by atoms with E-state index in [4.69, 9.17) is 5.26 Å². The van der Waals surface area contributed by atoms with Gasteiger partial charge in [0.25, 0.3) is 11.6 Å². The third kappa shape index (κ3) is 3.98. The molecule has 0 bridgehead atoms. The number of carbonyl (C=O) groups is 1. The quantitative estimate of drug-likeness (QED) is 0.405. The number of carbonyl (C=O) groups excluding carboxylic acids is 1. The second-order valence-corrected chi connectivity index (χ2v) is 4.46. The average molecular weight is 311 g/mol. The zero-order valence-electron chi connectivity index (χ0n) is 11.7. The van der Waals surface area contributed by atoms with Gasteiger partial charge in [-0.15, -0.1) is 0 Å². The van der Waals surface area contributed by atoms with Gasteiger partial charge in [-0.3, -0.25) is 14.9 Å². The lowest BCUT2D eigenvalue weighted by Crippen LogP contribution is -2.14. The third-order valence-electron chi connectivity index (χ3n) is 2.88. The summed E-state index contributed by atoms with van der Waals surface area (Å²) in [6.07, 6.45) is 1.34. The van der Waals surface area contributed by atoms with E-state index < -0.39 is 16.6 Å². The summed E-state index contributed by atoms with van der Waals surface area (Å²) < 4.78 is 13.6. The molecule has 1 N–H and O–H groups in total. The highest BCUT2D eigenvalue weighted by Crippen LogP contribution is 2.22. The van der Waals surface area contributed by atoms with Crippen molar-refractivity contribution in [3.05, 3.63) is 75.6 Å². The second-order valence-electron chi connectivity index (χ2n) is 4.46. The van der Waals surface area contributed by atoms with Crippen molar-refractivity contribution in [2.24, 2.45) is 0 Å². The van der Waals surface area contributed by atoms with Crippen LogP contribution in [0.2, 0.25) is 0 Å². The zero-order valence-corrected chi connectivity index (χ0v) is 11.7. The van der Waals surface area contributed by atoms with Gasteiger partial charge in [0.1, 0.15) is 17.5 Å². The Morgan fingerprint density at radius 1 is 1.26 bits per heavy atom. The largest absolute Gasteiger partial charge is 0.319 e. The van der Waals surface area contributed by atoms with Crippen molar-refractivity contribution in [1.29, 1.82) is 5.26 Å². The number of hydrogen-bond acceptors (Lipinski definition) is 4. The number of nitro groups is 1. The Morgan fingerprint density at radius 2 is 1.96 bits per heavy atom. The first-order valence-corrected chi connectivity index (χ1v) is 6.43. The summed E-state index contributed by atoms with van der Waals surface area (Å²) in [6, 6.07) is 13.1. The van der Waals surface area contributed by atoms with E-state index in [1.807, 2.05) is 0 Å². The highest BCUT2D eigenvalue weighted by atomic mass is 19.1. The maximum Gasteiger partial charge on any atom is 0.271 e. The fourth-order valence-corrected chi connectivity index (χ4v) is 1.78. The monoisotopic (exact) mass is 311 g/mol. The predicted octanol–water partition coefficient (Wildman–Crippen LogP) is 3.28. The molecule has 0 heterocycles. The molecule has 0 aliphatic rings. The fourth-order valence-electron chi connectivity index (χ4n) is 1.78. The minimum Gasteiger partial charge on any atom is -0.319 e. The Kier molecular flexibility index (Phi) is 4.79. The Bertz CT molecular complexity index is 826. The Morgan fingerprint density at radius 3 is 2.57 bits per heavy atom. The van der Waals surface area contributed by atoms with Crippen LogP contribution in [0.1, 0.15) is 5.56 Å². The van der Waals surface area contributed by atoms with E-state index >= 15 is 0 Å². The van der Waals surface area contributed by atoms with Gasteiger partial charge in [-0.1, -0.05) is 30.3 Å². The average Bonchev–Trinajstić information content (AvgIpc) is 2.55. The molecule has 23 heavy (non-hydrogen) atoms. The van der Waals surface area contributed by atoms with E-state index in [2.05, 4.69) is 5.32 Å². The molecule has 0 saturated carbocycles. The number of benzene rings is 2. The molecule has 114 valence electrons. The Hall–Kier alpha value is -3.53. The topological polar surface area (TPSA) is 96.0 Å². The van der Waals surface area contributed by atoms with Crippen LogP contribution in [0.25, 0.3) is 6.08 Å². The first-order valence-electron chi connectivity index (χ1n) is 6.43. The van der Waals surface area contributed by atoms with Crippen LogP contribution in [0.3, 0.4) is 0 Å². The summed E-state index contributed by atoms with van der Waals surface area (Å²) in [5, 5.41) is 21.9. The molecule has 0 saturated heterocycles. The minimum atomic E-state index is -0.851. The van der Waals surface area contributed by atoms with Gasteiger partial charge in [0.2, 0.25) is 0 Å². The molecule has 0 aliphatic carbocycles. The van der Waals surface area contributed by atoms with Crippen molar-refractivity contribution in [3.63, 3.8) is 0 Å². The molecule has 1 amide bonds. The minimum absolute atomic E-state index is 0.248. The van der Waals surface area contributed by atoms with Gasteiger partial charge in [0, 0.05) is 12.1 Å². The smallest absolute Gasteiger partial charge is 0.271 e. The normalized spacial score (nSPS) is 10.7. The van der Waals surface area contributed by atoms with Gasteiger partial charge in [0.15, 0.2) is 0 Å². The summed E-state index contributed by atoms with van der Waals surface area (Å²) in [5.74, 6) is -1.68. The summed E-state index contributed by atoms with van der Waals surface area (Å²) in [5.41, 5.74) is -0.355. The molecular formula is C16H10FN3O3. The highest BCUT2D eigenvalue weighted by Gasteiger charge is 2.15. The number of nitriles is 1. The summed E-state index contributed by atoms with van der Waals surface area (Å²) in [6.45, 7) is 0. The molecule has 0 fully saturated rings. The lowest BCUT2D eigenvalue weighted by atomic mass is 10.1. The molecule has 0 aromatic heterocycles. The maximum atomic E-state index is 13.6. The lowest BCUT2D eigenvalue weighted by molar-refractivity contribution is -0.384. The van der Waals surface area contributed by atoms with Crippen molar-refractivity contribution in [1.82, 2.24) is 0 Å². The number of anilines is 1. The van der Waals surface area contributed by atoms with Crippen LogP contribution in [-0.2, 0) is 4.79 Å². The summed E-state index contributed by atoms with van der Waals surface area (Å²) in [7, 11) is 0. The zero-order chi connectivity index (χ0) is 16.8. The number of amides is 1. The molecule has 2 aromatic rings. The summed E-state index contributed by atoms with van der Waals surface area (Å²) >= 11 is 0. The second kappa shape index (κ2) is 6.95. The van der Waals surface area contributed by atoms with Crippen molar-refractivity contribution >= 4 is 23.4 Å². The molecule has 0 radical (unpaired) electrons. The number of hydrogen-bond donors (Lipinski definition) is 1. The van der Waals surface area contributed by atoms with E-state index in [1.54, 1.807) is 36.4 Å². The number of nitrogens with one attached hydrogen (secondary N) is 1. The van der Waals surface area contributed by atoms with Crippen molar-refractivity contribution in [2.75, 3.05) is 5.32 Å². The van der Waals surface area contributed by atoms with E-state index in [0.717, 1.165) is 18.2 Å². The van der Waals surface area contributed by atoms with Crippen LogP contribution in [0.5, 0.6) is 0 Å². The van der Waals surface area contributed by atoms with Crippen LogP contribution >= 0.6 is 0 Å². The predicted molar refractivity (Wildman–Crippen MR) is 81.7 cm³/mol. The molecule has 0 spiro atoms. The van der Waals surface area contributed by atoms with Crippen LogP contribution in [0, 0.1) is 27.3 Å². The van der Waals surface area contributed by atoms with Crippen LogP contribution in [0.15, 0.2) is 54.1 Å². The first-order chi connectivity index (χ1) is 11.0. The number of rotatable bonds is 4. The molecule has 0 atom stereocenters. The van der Waals surface area contributed by atoms with Gasteiger partial charge >= 0.3 is 0 Å². The van der Waals surface area contributed by atoms with Gasteiger partial charge in [-0.05, 0) is 17.7 Å². The standard InChI is InChI=1S/C16H10FN3O3/c17-14-7-6-13(20(22)23)9-15(14)19-16(21)12(10-18)8-11-4-2-1-3-5-11/h1-9H,(H,19,21)/b12-8+. The Labute approximate surface area is 130 Å². The third-order valence-corrected chi connectivity index (χ3v) is 2.88. The van der Waals surface area contributed by atoms with E-state index in [-0.39, 0.29) is 16.9 Å². The number of nitrogens with zero attached hydrogens (tertiary/aromatic N) is 2. The highest BCUT2D eigenvalue weighted by molar-refractivity contribution is 6.09. The van der Waals surface area contributed by atoms with E-state index in [9.17, 15) is 19.3 Å². The SMILES string of the molecule is N#C/C(=C\c1ccccc1)C(=O)Nc1cc([N+](=O)[O-])ccc1F. The first kappa shape index (κ1) is 15.9. The molecule has 0 aliphatic heterocycles. The van der Waals surface area contributed by atoms with Crippen molar-refractivity contribution in [3.8, 4) is 6.07 Å². The van der Waals surface area contributed by atoms with Crippen LogP contribution in [-0.4, -0.2) is 10.8 Å². The van der Waals surface area contributed by atoms with E-state index in [0.29, 0.717) is 5.56 Å². The van der Waals surface area contributed by atoms with Crippen LogP contribution in [0.4, 0.5) is 15.8 Å². The Balaban J connectivity index is 2.27.